The fourth-order valence-electron chi connectivity index (χ4n) is 2.95. The van der Waals surface area contributed by atoms with Crippen molar-refractivity contribution in [2.24, 2.45) is 0 Å². The van der Waals surface area contributed by atoms with Crippen molar-refractivity contribution in [3.05, 3.63) is 84.1 Å². The van der Waals surface area contributed by atoms with Crippen molar-refractivity contribution in [2.45, 2.75) is 6.92 Å². The molecule has 0 aliphatic heterocycles. The Morgan fingerprint density at radius 1 is 1.13 bits per heavy atom. The molecule has 0 unspecified atom stereocenters. The Hall–Kier alpha value is -4.27. The lowest BCUT2D eigenvalue weighted by Gasteiger charge is -2.09. The van der Waals surface area contributed by atoms with E-state index in [9.17, 15) is 14.0 Å². The molecule has 4 rings (SSSR count). The smallest absolute Gasteiger partial charge is 0.358 e. The summed E-state index contributed by atoms with van der Waals surface area (Å²) in [6.07, 6.45) is 1.38. The first-order valence-electron chi connectivity index (χ1n) is 9.40. The van der Waals surface area contributed by atoms with Crippen LogP contribution in [0.15, 0.2) is 71.4 Å². The van der Waals surface area contributed by atoms with Gasteiger partial charge in [0.25, 0.3) is 5.91 Å². The van der Waals surface area contributed by atoms with Crippen molar-refractivity contribution in [3.63, 3.8) is 0 Å². The molecule has 0 atom stereocenters. The van der Waals surface area contributed by atoms with Crippen LogP contribution in [0, 0.1) is 5.82 Å². The van der Waals surface area contributed by atoms with Gasteiger partial charge in [-0.2, -0.15) is 5.10 Å². The number of amides is 1. The molecule has 2 aromatic carbocycles. The zero-order valence-electron chi connectivity index (χ0n) is 16.4. The maximum absolute atomic E-state index is 13.4. The standard InChI is InChI=1S/C22H17FN4O4/c1-2-30-22(29)18-13-19(27(26-18)17-8-6-15(23)7-9-17)14-4-3-5-16(12-14)25-21(28)20-10-11-24-31-20/h3-13H,2H2,1H3,(H,25,28). The summed E-state index contributed by atoms with van der Waals surface area (Å²) in [5, 5.41) is 10.6. The van der Waals surface area contributed by atoms with E-state index in [2.05, 4.69) is 15.6 Å². The van der Waals surface area contributed by atoms with Gasteiger partial charge in [-0.15, -0.1) is 0 Å². The van der Waals surface area contributed by atoms with Gasteiger partial charge in [0.15, 0.2) is 5.69 Å². The van der Waals surface area contributed by atoms with Crippen molar-refractivity contribution < 1.29 is 23.2 Å². The molecular weight excluding hydrogens is 403 g/mol. The van der Waals surface area contributed by atoms with Crippen LogP contribution in [-0.2, 0) is 4.74 Å². The lowest BCUT2D eigenvalue weighted by molar-refractivity contribution is 0.0519. The largest absolute Gasteiger partial charge is 0.461 e. The van der Waals surface area contributed by atoms with Crippen LogP contribution in [0.3, 0.4) is 0 Å². The Morgan fingerprint density at radius 3 is 2.65 bits per heavy atom. The molecule has 1 amide bonds. The summed E-state index contributed by atoms with van der Waals surface area (Å²) in [4.78, 5) is 24.5. The number of esters is 1. The molecular formula is C22H17FN4O4. The summed E-state index contributed by atoms with van der Waals surface area (Å²) < 4.78 is 24.8. The number of nitrogens with zero attached hydrogens (tertiary/aromatic N) is 3. The van der Waals surface area contributed by atoms with Crippen LogP contribution in [0.25, 0.3) is 16.9 Å². The minimum absolute atomic E-state index is 0.0753. The van der Waals surface area contributed by atoms with Gasteiger partial charge in [-0.05, 0) is 49.4 Å². The van der Waals surface area contributed by atoms with E-state index >= 15 is 0 Å². The Labute approximate surface area is 176 Å². The number of aromatic nitrogens is 3. The molecule has 4 aromatic rings. The van der Waals surface area contributed by atoms with Gasteiger partial charge in [0.2, 0.25) is 5.76 Å². The zero-order chi connectivity index (χ0) is 21.8. The first-order chi connectivity index (χ1) is 15.0. The third kappa shape index (κ3) is 4.35. The Balaban J connectivity index is 1.73. The number of ether oxygens (including phenoxy) is 1. The van der Waals surface area contributed by atoms with Gasteiger partial charge in [0.1, 0.15) is 5.82 Å². The van der Waals surface area contributed by atoms with Crippen LogP contribution in [0.4, 0.5) is 10.1 Å². The third-order valence-corrected chi connectivity index (χ3v) is 4.34. The van der Waals surface area contributed by atoms with Gasteiger partial charge in [-0.25, -0.2) is 13.9 Å². The van der Waals surface area contributed by atoms with Gasteiger partial charge in [0.05, 0.1) is 24.2 Å². The predicted octanol–water partition coefficient (Wildman–Crippen LogP) is 4.10. The van der Waals surface area contributed by atoms with E-state index in [-0.39, 0.29) is 23.9 Å². The van der Waals surface area contributed by atoms with Gasteiger partial charge in [-0.1, -0.05) is 17.3 Å². The van der Waals surface area contributed by atoms with Crippen LogP contribution in [-0.4, -0.2) is 33.4 Å². The Bertz CT molecular complexity index is 1220. The molecule has 2 aromatic heterocycles. The maximum Gasteiger partial charge on any atom is 0.358 e. The van der Waals surface area contributed by atoms with Crippen LogP contribution < -0.4 is 5.32 Å². The van der Waals surface area contributed by atoms with Crippen LogP contribution in [0.1, 0.15) is 28.0 Å². The molecule has 0 saturated heterocycles. The number of hydrogen-bond donors (Lipinski definition) is 1. The quantitative estimate of drug-likeness (QED) is 0.472. The predicted molar refractivity (Wildman–Crippen MR) is 109 cm³/mol. The minimum Gasteiger partial charge on any atom is -0.461 e. The first-order valence-corrected chi connectivity index (χ1v) is 9.40. The number of benzene rings is 2. The van der Waals surface area contributed by atoms with E-state index in [1.165, 1.54) is 29.1 Å². The molecule has 1 N–H and O–H groups in total. The number of halogens is 1. The summed E-state index contributed by atoms with van der Waals surface area (Å²) in [6, 6.07) is 15.7. The molecule has 0 aliphatic rings. The Kier molecular flexibility index (Phi) is 5.57. The minimum atomic E-state index is -0.570. The zero-order valence-corrected chi connectivity index (χ0v) is 16.4. The molecule has 0 radical (unpaired) electrons. The molecule has 9 heteroatoms. The second kappa shape index (κ2) is 8.62. The molecule has 0 aliphatic carbocycles. The van der Waals surface area contributed by atoms with E-state index in [0.29, 0.717) is 22.6 Å². The molecule has 0 saturated carbocycles. The monoisotopic (exact) mass is 420 g/mol. The second-order valence-corrected chi connectivity index (χ2v) is 6.44. The summed E-state index contributed by atoms with van der Waals surface area (Å²) in [5.74, 6) is -1.33. The molecule has 0 fully saturated rings. The number of carbonyl (C=O) groups excluding carboxylic acids is 2. The fourth-order valence-corrected chi connectivity index (χ4v) is 2.95. The lowest BCUT2D eigenvalue weighted by Crippen LogP contribution is -2.10. The van der Waals surface area contributed by atoms with E-state index < -0.39 is 11.9 Å². The number of anilines is 1. The van der Waals surface area contributed by atoms with Crippen molar-refractivity contribution in [3.8, 4) is 16.9 Å². The Morgan fingerprint density at radius 2 is 1.94 bits per heavy atom. The van der Waals surface area contributed by atoms with Crippen LogP contribution in [0.2, 0.25) is 0 Å². The van der Waals surface area contributed by atoms with E-state index in [1.54, 1.807) is 49.4 Å². The summed E-state index contributed by atoms with van der Waals surface area (Å²) in [5.41, 5.74) is 2.40. The lowest BCUT2D eigenvalue weighted by atomic mass is 10.1. The molecule has 8 nitrogen and oxygen atoms in total. The molecule has 156 valence electrons. The highest BCUT2D eigenvalue weighted by Crippen LogP contribution is 2.27. The number of nitrogens with one attached hydrogen (secondary N) is 1. The van der Waals surface area contributed by atoms with Gasteiger partial charge in [-0.3, -0.25) is 4.79 Å². The van der Waals surface area contributed by atoms with Crippen molar-refractivity contribution in [2.75, 3.05) is 11.9 Å². The summed E-state index contributed by atoms with van der Waals surface area (Å²) >= 11 is 0. The van der Waals surface area contributed by atoms with Gasteiger partial charge < -0.3 is 14.6 Å². The van der Waals surface area contributed by atoms with E-state index in [0.717, 1.165) is 0 Å². The average molecular weight is 420 g/mol. The third-order valence-electron chi connectivity index (χ3n) is 4.34. The highest BCUT2D eigenvalue weighted by Gasteiger charge is 2.18. The highest BCUT2D eigenvalue weighted by atomic mass is 19.1. The first kappa shape index (κ1) is 20.0. The number of rotatable bonds is 6. The van der Waals surface area contributed by atoms with Crippen LogP contribution in [0.5, 0.6) is 0 Å². The summed E-state index contributed by atoms with van der Waals surface area (Å²) in [7, 11) is 0. The topological polar surface area (TPSA) is 99.2 Å². The highest BCUT2D eigenvalue weighted by molar-refractivity contribution is 6.02. The van der Waals surface area contributed by atoms with Gasteiger partial charge in [0, 0.05) is 17.3 Å². The van der Waals surface area contributed by atoms with Crippen molar-refractivity contribution >= 4 is 17.6 Å². The SMILES string of the molecule is CCOC(=O)c1cc(-c2cccc(NC(=O)c3ccno3)c2)n(-c2ccc(F)cc2)n1. The molecule has 2 heterocycles. The number of hydrogen-bond acceptors (Lipinski definition) is 6. The van der Waals surface area contributed by atoms with Crippen molar-refractivity contribution in [1.29, 1.82) is 0 Å². The fraction of sp³-hybridized carbons (Fsp3) is 0.0909. The normalized spacial score (nSPS) is 10.6. The molecule has 31 heavy (non-hydrogen) atoms. The molecule has 0 spiro atoms. The summed E-state index contributed by atoms with van der Waals surface area (Å²) in [6.45, 7) is 1.91. The maximum atomic E-state index is 13.4. The number of carbonyl (C=O) groups is 2. The van der Waals surface area contributed by atoms with E-state index in [4.69, 9.17) is 9.26 Å². The van der Waals surface area contributed by atoms with E-state index in [1.807, 2.05) is 0 Å². The van der Waals surface area contributed by atoms with Crippen molar-refractivity contribution in [1.82, 2.24) is 14.9 Å². The average Bonchev–Trinajstić information content (AvgIpc) is 3.45. The van der Waals surface area contributed by atoms with Gasteiger partial charge >= 0.3 is 5.97 Å². The second-order valence-electron chi connectivity index (χ2n) is 6.44. The van der Waals surface area contributed by atoms with Crippen LogP contribution >= 0.6 is 0 Å². The molecule has 0 bridgehead atoms.